The molecule has 1 atom stereocenters. The van der Waals surface area contributed by atoms with Gasteiger partial charge in [0.25, 0.3) is 0 Å². The first-order valence-corrected chi connectivity index (χ1v) is 10.2. The van der Waals surface area contributed by atoms with Crippen molar-refractivity contribution >= 4 is 0 Å². The van der Waals surface area contributed by atoms with Crippen LogP contribution < -0.4 is 0 Å². The van der Waals surface area contributed by atoms with Crippen molar-refractivity contribution < 1.29 is 8.78 Å². The monoisotopic (exact) mass is 396 g/mol. The Labute approximate surface area is 172 Å². The molecule has 2 aromatic carbocycles. The van der Waals surface area contributed by atoms with Gasteiger partial charge in [-0.3, -0.25) is 4.90 Å². The van der Waals surface area contributed by atoms with Crippen LogP contribution in [0.3, 0.4) is 0 Å². The highest BCUT2D eigenvalue weighted by Crippen LogP contribution is 2.20. The fourth-order valence-corrected chi connectivity index (χ4v) is 3.60. The zero-order valence-electron chi connectivity index (χ0n) is 17.7. The number of aromatic nitrogens is 1. The molecule has 0 saturated heterocycles. The van der Waals surface area contributed by atoms with E-state index in [9.17, 15) is 8.78 Å². The van der Waals surface area contributed by atoms with Crippen LogP contribution in [0.4, 0.5) is 8.78 Å². The summed E-state index contributed by atoms with van der Waals surface area (Å²) in [6.07, 6.45) is 2.10. The highest BCUT2D eigenvalue weighted by Gasteiger charge is 2.20. The molecule has 3 aromatic rings. The lowest BCUT2D eigenvalue weighted by Gasteiger charge is -2.32. The van der Waals surface area contributed by atoms with E-state index in [0.29, 0.717) is 18.5 Å². The second kappa shape index (κ2) is 9.36. The maximum Gasteiger partial charge on any atom is 0.159 e. The normalized spacial score (nSPS) is 12.7. The summed E-state index contributed by atoms with van der Waals surface area (Å²) in [5, 5.41) is 0. The van der Waals surface area contributed by atoms with Crippen molar-refractivity contribution in [3.05, 3.63) is 94.8 Å². The fraction of sp³-hybridized carbons (Fsp3) is 0.360. The first-order chi connectivity index (χ1) is 13.8. The molecule has 0 radical (unpaired) electrons. The molecule has 0 aliphatic heterocycles. The molecule has 0 N–H and O–H groups in total. The molecule has 0 aliphatic carbocycles. The Morgan fingerprint density at radius 2 is 1.66 bits per heavy atom. The van der Waals surface area contributed by atoms with Gasteiger partial charge in [0.05, 0.1) is 0 Å². The highest BCUT2D eigenvalue weighted by atomic mass is 19.2. The van der Waals surface area contributed by atoms with Crippen molar-refractivity contribution in [3.63, 3.8) is 0 Å². The van der Waals surface area contributed by atoms with Crippen LogP contribution in [0, 0.1) is 24.5 Å². The summed E-state index contributed by atoms with van der Waals surface area (Å²) >= 11 is 0. The first-order valence-electron chi connectivity index (χ1n) is 10.2. The Kier molecular flexibility index (Phi) is 6.86. The Morgan fingerprint density at radius 3 is 2.34 bits per heavy atom. The van der Waals surface area contributed by atoms with Crippen LogP contribution in [0.5, 0.6) is 0 Å². The van der Waals surface area contributed by atoms with Gasteiger partial charge in [-0.1, -0.05) is 49.7 Å². The molecule has 4 heteroatoms. The van der Waals surface area contributed by atoms with Crippen molar-refractivity contribution in [1.29, 1.82) is 0 Å². The summed E-state index contributed by atoms with van der Waals surface area (Å²) in [7, 11) is 0. The number of benzene rings is 2. The van der Waals surface area contributed by atoms with E-state index >= 15 is 0 Å². The van der Waals surface area contributed by atoms with Crippen LogP contribution in [0.25, 0.3) is 0 Å². The third-order valence-corrected chi connectivity index (χ3v) is 5.63. The van der Waals surface area contributed by atoms with Crippen molar-refractivity contribution in [2.75, 3.05) is 0 Å². The minimum absolute atomic E-state index is 0.297. The van der Waals surface area contributed by atoms with Crippen molar-refractivity contribution in [2.45, 2.75) is 53.4 Å². The third kappa shape index (κ3) is 5.54. The summed E-state index contributed by atoms with van der Waals surface area (Å²) in [5.41, 5.74) is 4.52. The van der Waals surface area contributed by atoms with Gasteiger partial charge in [0, 0.05) is 37.6 Å². The van der Waals surface area contributed by atoms with E-state index in [1.807, 2.05) is 0 Å². The zero-order valence-corrected chi connectivity index (χ0v) is 17.7. The number of aryl methyl sites for hydroxylation is 1. The van der Waals surface area contributed by atoms with Crippen LogP contribution in [0.15, 0.2) is 60.8 Å². The molecule has 29 heavy (non-hydrogen) atoms. The molecule has 1 aromatic heterocycles. The summed E-state index contributed by atoms with van der Waals surface area (Å²) in [6, 6.07) is 17.2. The molecule has 0 spiro atoms. The van der Waals surface area contributed by atoms with Crippen molar-refractivity contribution in [3.8, 4) is 0 Å². The Hall–Kier alpha value is -2.46. The highest BCUT2D eigenvalue weighted by molar-refractivity contribution is 5.24. The van der Waals surface area contributed by atoms with E-state index in [2.05, 4.69) is 79.8 Å². The van der Waals surface area contributed by atoms with Gasteiger partial charge in [-0.2, -0.15) is 0 Å². The van der Waals surface area contributed by atoms with Gasteiger partial charge >= 0.3 is 0 Å². The molecule has 2 nitrogen and oxygen atoms in total. The van der Waals surface area contributed by atoms with Gasteiger partial charge in [-0.15, -0.1) is 0 Å². The Balaban J connectivity index is 1.81. The van der Waals surface area contributed by atoms with Gasteiger partial charge < -0.3 is 4.57 Å². The van der Waals surface area contributed by atoms with Crippen LogP contribution in [0.1, 0.15) is 43.2 Å². The number of hydrogen-bond acceptors (Lipinski definition) is 1. The molecule has 154 valence electrons. The first kappa shape index (κ1) is 21.3. The number of nitrogens with zero attached hydrogens (tertiary/aromatic N) is 2. The van der Waals surface area contributed by atoms with Gasteiger partial charge in [-0.05, 0) is 55.2 Å². The van der Waals surface area contributed by atoms with E-state index in [-0.39, 0.29) is 0 Å². The third-order valence-electron chi connectivity index (χ3n) is 5.63. The fourth-order valence-electron chi connectivity index (χ4n) is 3.60. The van der Waals surface area contributed by atoms with Crippen LogP contribution in [0.2, 0.25) is 0 Å². The van der Waals surface area contributed by atoms with E-state index in [1.54, 1.807) is 6.07 Å². The SMILES string of the molecule is Cc1cccc(Cn2cccc2CN(Cc2ccc(F)c(F)c2)C(C)C(C)C)c1. The lowest BCUT2D eigenvalue weighted by molar-refractivity contribution is 0.148. The van der Waals surface area contributed by atoms with Crippen molar-refractivity contribution in [2.24, 2.45) is 5.92 Å². The van der Waals surface area contributed by atoms with Gasteiger partial charge in [0.2, 0.25) is 0 Å². The minimum atomic E-state index is -0.802. The zero-order chi connectivity index (χ0) is 21.0. The largest absolute Gasteiger partial charge is 0.346 e. The Bertz CT molecular complexity index is 946. The van der Waals surface area contributed by atoms with Crippen LogP contribution >= 0.6 is 0 Å². The molecule has 1 heterocycles. The second-order valence-corrected chi connectivity index (χ2v) is 8.25. The maximum atomic E-state index is 13.7. The molecule has 0 fully saturated rings. The predicted octanol–water partition coefficient (Wildman–Crippen LogP) is 6.17. The lowest BCUT2D eigenvalue weighted by Crippen LogP contribution is -2.36. The predicted molar refractivity (Wildman–Crippen MR) is 115 cm³/mol. The molecule has 0 aliphatic rings. The number of hydrogen-bond donors (Lipinski definition) is 0. The molecule has 0 amide bonds. The van der Waals surface area contributed by atoms with Crippen molar-refractivity contribution in [1.82, 2.24) is 9.47 Å². The van der Waals surface area contributed by atoms with Crippen LogP contribution in [-0.2, 0) is 19.6 Å². The molecule has 0 saturated carbocycles. The molecule has 0 bridgehead atoms. The Morgan fingerprint density at radius 1 is 0.862 bits per heavy atom. The quantitative estimate of drug-likeness (QED) is 0.442. The standard InChI is InChI=1S/C25H30F2N2/c1-18(2)20(4)29(16-22-10-11-24(26)25(27)14-22)17-23-9-6-12-28(23)15-21-8-5-7-19(3)13-21/h5-14,18,20H,15-17H2,1-4H3. The molecule has 1 unspecified atom stereocenters. The van der Waals surface area contributed by atoms with Gasteiger partial charge in [0.1, 0.15) is 0 Å². The summed E-state index contributed by atoms with van der Waals surface area (Å²) in [5.74, 6) is -1.15. The molecule has 3 rings (SSSR count). The van der Waals surface area contributed by atoms with Gasteiger partial charge in [0.15, 0.2) is 11.6 Å². The maximum absolute atomic E-state index is 13.7. The van der Waals surface area contributed by atoms with E-state index < -0.39 is 11.6 Å². The molecular formula is C25H30F2N2. The second-order valence-electron chi connectivity index (χ2n) is 8.25. The average Bonchev–Trinajstić information content (AvgIpc) is 3.10. The van der Waals surface area contributed by atoms with E-state index in [4.69, 9.17) is 0 Å². The smallest absolute Gasteiger partial charge is 0.159 e. The summed E-state index contributed by atoms with van der Waals surface area (Å²) in [4.78, 5) is 2.33. The number of halogens is 2. The van der Waals surface area contributed by atoms with E-state index in [0.717, 1.165) is 18.7 Å². The van der Waals surface area contributed by atoms with Crippen LogP contribution in [-0.4, -0.2) is 15.5 Å². The van der Waals surface area contributed by atoms with E-state index in [1.165, 1.54) is 29.0 Å². The molecular weight excluding hydrogens is 366 g/mol. The van der Waals surface area contributed by atoms with Gasteiger partial charge in [-0.25, -0.2) is 8.78 Å². The number of rotatable bonds is 8. The lowest BCUT2D eigenvalue weighted by atomic mass is 10.0. The summed E-state index contributed by atoms with van der Waals surface area (Å²) in [6.45, 7) is 10.8. The topological polar surface area (TPSA) is 8.17 Å². The minimum Gasteiger partial charge on any atom is -0.346 e. The average molecular weight is 397 g/mol. The summed E-state index contributed by atoms with van der Waals surface area (Å²) < 4.78 is 29.3.